The van der Waals surface area contributed by atoms with Crippen LogP contribution in [-0.4, -0.2) is 37.4 Å². The molecule has 0 spiro atoms. The van der Waals surface area contributed by atoms with Gasteiger partial charge in [0.1, 0.15) is 27.9 Å². The summed E-state index contributed by atoms with van der Waals surface area (Å²) in [4.78, 5) is 17.2. The van der Waals surface area contributed by atoms with Gasteiger partial charge in [0.15, 0.2) is 0 Å². The number of ether oxygens (including phenoxy) is 3. The number of hydrogen-bond donors (Lipinski definition) is 1. The molecule has 1 heterocycles. The first kappa shape index (κ1) is 20.8. The first-order valence-electron chi connectivity index (χ1n) is 8.44. The van der Waals surface area contributed by atoms with Gasteiger partial charge in [-0.3, -0.25) is 0 Å². The molecular weight excluding hydrogens is 414 g/mol. The van der Waals surface area contributed by atoms with Gasteiger partial charge in [0.05, 0.1) is 31.9 Å². The quantitative estimate of drug-likeness (QED) is 0.659. The van der Waals surface area contributed by atoms with Gasteiger partial charge in [-0.1, -0.05) is 23.4 Å². The summed E-state index contributed by atoms with van der Waals surface area (Å²) in [6.07, 6.45) is 1.72. The van der Waals surface area contributed by atoms with Gasteiger partial charge in [-0.15, -0.1) is 0 Å². The Labute approximate surface area is 177 Å². The van der Waals surface area contributed by atoms with Crippen molar-refractivity contribution in [2.24, 2.45) is 4.99 Å². The number of esters is 1. The molecule has 29 heavy (non-hydrogen) atoms. The highest BCUT2D eigenvalue weighted by Crippen LogP contribution is 2.40. The van der Waals surface area contributed by atoms with Crippen LogP contribution >= 0.6 is 23.4 Å². The summed E-state index contributed by atoms with van der Waals surface area (Å²) in [6.45, 7) is 0. The summed E-state index contributed by atoms with van der Waals surface area (Å²) in [7, 11) is 4.36. The van der Waals surface area contributed by atoms with E-state index in [0.29, 0.717) is 32.2 Å². The Morgan fingerprint density at radius 1 is 1.07 bits per heavy atom. The Kier molecular flexibility index (Phi) is 6.51. The van der Waals surface area contributed by atoms with E-state index in [2.05, 4.69) is 4.99 Å². The second-order valence-electron chi connectivity index (χ2n) is 5.87. The molecule has 2 aromatic carbocycles. The molecule has 0 bridgehead atoms. The number of carbonyl (C=O) groups is 1. The number of benzene rings is 2. The van der Waals surface area contributed by atoms with Crippen LogP contribution in [0.3, 0.4) is 0 Å². The van der Waals surface area contributed by atoms with Crippen LogP contribution in [0.5, 0.6) is 11.5 Å². The molecule has 8 heteroatoms. The van der Waals surface area contributed by atoms with Crippen molar-refractivity contribution in [3.05, 3.63) is 69.3 Å². The van der Waals surface area contributed by atoms with Gasteiger partial charge in [0.2, 0.25) is 0 Å². The number of rotatable bonds is 5. The van der Waals surface area contributed by atoms with Gasteiger partial charge < -0.3 is 19.3 Å². The normalized spacial score (nSPS) is 16.4. The number of aliphatic imine (C=N–C) groups is 1. The van der Waals surface area contributed by atoms with Crippen molar-refractivity contribution < 1.29 is 24.1 Å². The van der Waals surface area contributed by atoms with Gasteiger partial charge in [-0.25, -0.2) is 9.79 Å². The minimum atomic E-state index is -0.672. The molecule has 2 aromatic rings. The topological polar surface area (TPSA) is 77.4 Å². The molecule has 0 aliphatic carbocycles. The number of methoxy groups -OCH3 is 3. The maximum atomic E-state index is 12.3. The minimum absolute atomic E-state index is 0.00793. The second kappa shape index (κ2) is 9.07. The Bertz CT molecular complexity index is 1010. The molecule has 0 aromatic heterocycles. The zero-order chi connectivity index (χ0) is 21.0. The van der Waals surface area contributed by atoms with E-state index in [4.69, 9.17) is 25.8 Å². The SMILES string of the molecule is COC(=O)C1=C(O)/C(=C\c2cc(OC)cc(OC)c2)SC1=Nc1ccc(Cl)cc1. The fraction of sp³-hybridized carbons (Fsp3) is 0.143. The van der Waals surface area contributed by atoms with Gasteiger partial charge in [-0.05, 0) is 48.0 Å². The lowest BCUT2D eigenvalue weighted by Crippen LogP contribution is -2.10. The van der Waals surface area contributed by atoms with Crippen LogP contribution in [0.25, 0.3) is 6.08 Å². The van der Waals surface area contributed by atoms with Crippen molar-refractivity contribution in [2.75, 3.05) is 21.3 Å². The first-order valence-corrected chi connectivity index (χ1v) is 9.63. The molecule has 1 aliphatic rings. The molecule has 3 rings (SSSR count). The summed E-state index contributed by atoms with van der Waals surface area (Å²) in [5, 5.41) is 11.6. The summed E-state index contributed by atoms with van der Waals surface area (Å²) in [5.41, 5.74) is 1.33. The Morgan fingerprint density at radius 3 is 2.24 bits per heavy atom. The minimum Gasteiger partial charge on any atom is -0.506 e. The molecule has 6 nitrogen and oxygen atoms in total. The van der Waals surface area contributed by atoms with Crippen molar-refractivity contribution >= 4 is 46.1 Å². The standard InChI is InChI=1S/C21H18ClNO5S/c1-26-15-8-12(9-16(11-15)27-2)10-17-19(24)18(21(25)28-3)20(29-17)23-14-6-4-13(22)5-7-14/h4-11,24H,1-3H3/b17-10+,23-20?. The monoisotopic (exact) mass is 431 g/mol. The van der Waals surface area contributed by atoms with Crippen LogP contribution in [0.1, 0.15) is 5.56 Å². The van der Waals surface area contributed by atoms with Gasteiger partial charge >= 0.3 is 5.97 Å². The summed E-state index contributed by atoms with van der Waals surface area (Å²) in [5.74, 6) is 0.336. The summed E-state index contributed by atoms with van der Waals surface area (Å²) < 4.78 is 15.4. The van der Waals surface area contributed by atoms with Crippen LogP contribution in [0.15, 0.2) is 63.7 Å². The Morgan fingerprint density at radius 2 is 1.69 bits per heavy atom. The molecule has 1 N–H and O–H groups in total. The van der Waals surface area contributed by atoms with Crippen LogP contribution in [-0.2, 0) is 9.53 Å². The fourth-order valence-corrected chi connectivity index (χ4v) is 3.75. The lowest BCUT2D eigenvalue weighted by molar-refractivity contribution is -0.135. The van der Waals surface area contributed by atoms with E-state index in [1.807, 2.05) is 0 Å². The van der Waals surface area contributed by atoms with E-state index in [1.54, 1.807) is 62.8 Å². The zero-order valence-electron chi connectivity index (χ0n) is 15.9. The van der Waals surface area contributed by atoms with Crippen LogP contribution < -0.4 is 9.47 Å². The summed E-state index contributed by atoms with van der Waals surface area (Å²) >= 11 is 7.07. The van der Waals surface area contributed by atoms with Crippen molar-refractivity contribution in [3.8, 4) is 11.5 Å². The first-order chi connectivity index (χ1) is 13.9. The Hall–Kier alpha value is -2.90. The predicted octanol–water partition coefficient (Wildman–Crippen LogP) is 5.16. The van der Waals surface area contributed by atoms with E-state index in [9.17, 15) is 9.90 Å². The maximum absolute atomic E-state index is 12.3. The second-order valence-corrected chi connectivity index (χ2v) is 7.33. The highest BCUT2D eigenvalue weighted by Gasteiger charge is 2.33. The third-order valence-corrected chi connectivity index (χ3v) is 5.28. The predicted molar refractivity (Wildman–Crippen MR) is 115 cm³/mol. The number of aliphatic hydroxyl groups excluding tert-OH is 1. The van der Waals surface area contributed by atoms with Crippen molar-refractivity contribution in [1.29, 1.82) is 0 Å². The fourth-order valence-electron chi connectivity index (χ4n) is 2.59. The third-order valence-electron chi connectivity index (χ3n) is 4.01. The van der Waals surface area contributed by atoms with E-state index in [1.165, 1.54) is 7.11 Å². The van der Waals surface area contributed by atoms with Gasteiger partial charge in [-0.2, -0.15) is 0 Å². The van der Waals surface area contributed by atoms with E-state index in [0.717, 1.165) is 17.3 Å². The molecule has 0 saturated carbocycles. The molecule has 0 fully saturated rings. The van der Waals surface area contributed by atoms with E-state index < -0.39 is 5.97 Å². The van der Waals surface area contributed by atoms with Crippen LogP contribution in [0, 0.1) is 0 Å². The third kappa shape index (κ3) is 4.75. The van der Waals surface area contributed by atoms with E-state index >= 15 is 0 Å². The molecule has 0 radical (unpaired) electrons. The lowest BCUT2D eigenvalue weighted by Gasteiger charge is -2.06. The van der Waals surface area contributed by atoms with E-state index in [-0.39, 0.29) is 11.3 Å². The highest BCUT2D eigenvalue weighted by molar-refractivity contribution is 8.18. The highest BCUT2D eigenvalue weighted by atomic mass is 35.5. The molecular formula is C21H18ClNO5S. The van der Waals surface area contributed by atoms with Crippen molar-refractivity contribution in [2.45, 2.75) is 0 Å². The van der Waals surface area contributed by atoms with Crippen molar-refractivity contribution in [3.63, 3.8) is 0 Å². The van der Waals surface area contributed by atoms with Gasteiger partial charge in [0, 0.05) is 11.1 Å². The number of hydrogen-bond acceptors (Lipinski definition) is 7. The molecule has 0 saturated heterocycles. The molecule has 150 valence electrons. The number of nitrogens with zero attached hydrogens (tertiary/aromatic N) is 1. The molecule has 1 aliphatic heterocycles. The van der Waals surface area contributed by atoms with Crippen LogP contribution in [0.4, 0.5) is 5.69 Å². The lowest BCUT2D eigenvalue weighted by atomic mass is 10.1. The number of aliphatic hydroxyl groups is 1. The molecule has 0 atom stereocenters. The number of carbonyl (C=O) groups excluding carboxylic acids is 1. The number of halogens is 1. The number of thioether (sulfide) groups is 1. The molecule has 0 unspecified atom stereocenters. The largest absolute Gasteiger partial charge is 0.506 e. The average Bonchev–Trinajstić information content (AvgIpc) is 3.03. The van der Waals surface area contributed by atoms with Gasteiger partial charge in [0.25, 0.3) is 0 Å². The smallest absolute Gasteiger partial charge is 0.344 e. The zero-order valence-corrected chi connectivity index (χ0v) is 17.5. The molecule has 0 amide bonds. The summed E-state index contributed by atoms with van der Waals surface area (Å²) in [6, 6.07) is 12.1. The average molecular weight is 432 g/mol. The maximum Gasteiger partial charge on any atom is 0.344 e. The Balaban J connectivity index is 2.05. The van der Waals surface area contributed by atoms with Crippen molar-refractivity contribution in [1.82, 2.24) is 0 Å². The van der Waals surface area contributed by atoms with Crippen LogP contribution in [0.2, 0.25) is 5.02 Å².